The Morgan fingerprint density at radius 1 is 1.33 bits per heavy atom. The van der Waals surface area contributed by atoms with Crippen molar-refractivity contribution in [2.24, 2.45) is 0 Å². The number of carbonyl (C=O) groups excluding carboxylic acids is 2. The van der Waals surface area contributed by atoms with E-state index in [1.807, 2.05) is 13.8 Å². The van der Waals surface area contributed by atoms with Crippen LogP contribution >= 0.6 is 0 Å². The van der Waals surface area contributed by atoms with Crippen LogP contribution in [0.5, 0.6) is 5.75 Å². The molecule has 0 bridgehead atoms. The minimum absolute atomic E-state index is 0.158. The summed E-state index contributed by atoms with van der Waals surface area (Å²) in [6.45, 7) is 5.28. The summed E-state index contributed by atoms with van der Waals surface area (Å²) >= 11 is 0. The number of aliphatic carboxylic acids is 1. The van der Waals surface area contributed by atoms with Gasteiger partial charge in [0.05, 0.1) is 23.2 Å². The van der Waals surface area contributed by atoms with E-state index in [0.29, 0.717) is 24.3 Å². The lowest BCUT2D eigenvalue weighted by Crippen LogP contribution is -2.49. The van der Waals surface area contributed by atoms with Crippen molar-refractivity contribution in [2.75, 3.05) is 5.32 Å². The minimum Gasteiger partial charge on any atom is -0.481 e. The van der Waals surface area contributed by atoms with Crippen molar-refractivity contribution in [2.45, 2.75) is 51.7 Å². The fourth-order valence-corrected chi connectivity index (χ4v) is 2.72. The first-order valence-electron chi connectivity index (χ1n) is 7.96. The molecule has 0 radical (unpaired) electrons. The monoisotopic (exact) mass is 334 g/mol. The Kier molecular flexibility index (Phi) is 5.11. The van der Waals surface area contributed by atoms with Crippen molar-refractivity contribution in [1.29, 1.82) is 0 Å². The number of hydrogen-bond donors (Lipinski definition) is 3. The fraction of sp³-hybridized carbons (Fsp3) is 0.471. The number of benzene rings is 1. The van der Waals surface area contributed by atoms with E-state index in [1.165, 1.54) is 0 Å². The molecule has 0 spiro atoms. The van der Waals surface area contributed by atoms with Crippen molar-refractivity contribution < 1.29 is 24.2 Å². The van der Waals surface area contributed by atoms with Gasteiger partial charge >= 0.3 is 5.97 Å². The van der Waals surface area contributed by atoms with Crippen molar-refractivity contribution in [3.05, 3.63) is 23.8 Å². The van der Waals surface area contributed by atoms with Crippen LogP contribution in [0.3, 0.4) is 0 Å². The third-order valence-corrected chi connectivity index (χ3v) is 4.40. The molecule has 0 fully saturated rings. The number of carboxylic acid groups (broad SMARTS) is 1. The summed E-state index contributed by atoms with van der Waals surface area (Å²) in [5.41, 5.74) is -0.117. The van der Waals surface area contributed by atoms with Gasteiger partial charge in [0, 0.05) is 0 Å². The van der Waals surface area contributed by atoms with E-state index in [0.717, 1.165) is 0 Å². The van der Waals surface area contributed by atoms with Gasteiger partial charge in [-0.15, -0.1) is 0 Å². The number of rotatable bonds is 6. The molecule has 7 heteroatoms. The zero-order chi connectivity index (χ0) is 17.9. The van der Waals surface area contributed by atoms with Crippen molar-refractivity contribution in [1.82, 2.24) is 5.32 Å². The number of anilines is 1. The fourth-order valence-electron chi connectivity index (χ4n) is 2.72. The highest BCUT2D eigenvalue weighted by Crippen LogP contribution is 2.34. The van der Waals surface area contributed by atoms with Gasteiger partial charge in [-0.25, -0.2) is 0 Å². The Morgan fingerprint density at radius 3 is 2.58 bits per heavy atom. The third-order valence-electron chi connectivity index (χ3n) is 4.40. The Hall–Kier alpha value is -2.57. The molecule has 2 rings (SSSR count). The average Bonchev–Trinajstić information content (AvgIpc) is 2.54. The lowest BCUT2D eigenvalue weighted by atomic mass is 9.88. The van der Waals surface area contributed by atoms with Crippen LogP contribution in [0.1, 0.15) is 50.4 Å². The van der Waals surface area contributed by atoms with Crippen LogP contribution in [0.4, 0.5) is 5.69 Å². The molecule has 0 saturated carbocycles. The van der Waals surface area contributed by atoms with E-state index in [2.05, 4.69) is 10.6 Å². The van der Waals surface area contributed by atoms with Gasteiger partial charge in [-0.05, 0) is 31.9 Å². The molecule has 1 aromatic rings. The van der Waals surface area contributed by atoms with E-state index in [9.17, 15) is 14.4 Å². The molecule has 1 atom stereocenters. The third kappa shape index (κ3) is 3.50. The minimum atomic E-state index is -0.966. The molecule has 1 aliphatic rings. The highest BCUT2D eigenvalue weighted by atomic mass is 16.5. The molecule has 0 aromatic heterocycles. The van der Waals surface area contributed by atoms with Crippen LogP contribution in [0.25, 0.3) is 0 Å². The second-order valence-corrected chi connectivity index (χ2v) is 5.94. The van der Waals surface area contributed by atoms with E-state index < -0.39 is 23.5 Å². The number of nitrogens with one attached hydrogen (secondary N) is 2. The van der Waals surface area contributed by atoms with Crippen LogP contribution in [-0.4, -0.2) is 34.5 Å². The first-order chi connectivity index (χ1) is 11.3. The normalized spacial score (nSPS) is 16.6. The van der Waals surface area contributed by atoms with E-state index >= 15 is 0 Å². The van der Waals surface area contributed by atoms with E-state index in [-0.39, 0.29) is 17.9 Å². The predicted octanol–water partition coefficient (Wildman–Crippen LogP) is 2.17. The van der Waals surface area contributed by atoms with Crippen molar-refractivity contribution >= 4 is 23.5 Å². The molecular formula is C17H22N2O5. The maximum absolute atomic E-state index is 12.7. The number of fused-ring (bicyclic) bond motifs is 1. The lowest BCUT2D eigenvalue weighted by Gasteiger charge is -2.32. The summed E-state index contributed by atoms with van der Waals surface area (Å²) in [5, 5.41) is 14.7. The molecule has 1 aliphatic heterocycles. The lowest BCUT2D eigenvalue weighted by molar-refractivity contribution is -0.138. The van der Waals surface area contributed by atoms with Gasteiger partial charge < -0.3 is 20.5 Å². The Labute approximate surface area is 140 Å². The van der Waals surface area contributed by atoms with Crippen LogP contribution in [0, 0.1) is 0 Å². The van der Waals surface area contributed by atoms with Crippen molar-refractivity contribution in [3.63, 3.8) is 0 Å². The highest BCUT2D eigenvalue weighted by molar-refractivity contribution is 6.04. The first kappa shape index (κ1) is 17.8. The van der Waals surface area contributed by atoms with Gasteiger partial charge in [0.15, 0.2) is 11.9 Å². The molecule has 130 valence electrons. The molecule has 0 aliphatic carbocycles. The number of carbonyl (C=O) groups is 3. The largest absolute Gasteiger partial charge is 0.481 e. The van der Waals surface area contributed by atoms with Crippen LogP contribution in [0.15, 0.2) is 18.2 Å². The molecule has 3 N–H and O–H groups in total. The standard InChI is InChI=1S/C17H22N2O5/c1-4-17(5-2,9-13(20)21)19-16(23)11-7-6-8-12-14(11)24-10(3)15(22)18-12/h6-8,10H,4-5,9H2,1-3H3,(H,18,22)(H,19,23)(H,20,21). The number of para-hydroxylation sites is 1. The zero-order valence-electron chi connectivity index (χ0n) is 14.0. The summed E-state index contributed by atoms with van der Waals surface area (Å²) < 4.78 is 5.57. The summed E-state index contributed by atoms with van der Waals surface area (Å²) in [4.78, 5) is 35.5. The Balaban J connectivity index is 2.32. The second kappa shape index (κ2) is 6.90. The Morgan fingerprint density at radius 2 is 2.00 bits per heavy atom. The summed E-state index contributed by atoms with van der Waals surface area (Å²) in [5.74, 6) is -1.35. The first-order valence-corrected chi connectivity index (χ1v) is 7.96. The number of carboxylic acids is 1. The van der Waals surface area contributed by atoms with Crippen molar-refractivity contribution in [3.8, 4) is 5.75 Å². The SMILES string of the molecule is CCC(CC)(CC(=O)O)NC(=O)c1cccc2c1OC(C)C(=O)N2. The summed E-state index contributed by atoms with van der Waals surface area (Å²) in [7, 11) is 0. The topological polar surface area (TPSA) is 105 Å². The smallest absolute Gasteiger partial charge is 0.305 e. The van der Waals surface area contributed by atoms with Crippen LogP contribution in [-0.2, 0) is 9.59 Å². The highest BCUT2D eigenvalue weighted by Gasteiger charge is 2.34. The summed E-state index contributed by atoms with van der Waals surface area (Å²) in [6.07, 6.45) is 0.122. The molecule has 7 nitrogen and oxygen atoms in total. The quantitative estimate of drug-likeness (QED) is 0.739. The number of amides is 2. The van der Waals surface area contributed by atoms with E-state index in [1.54, 1.807) is 25.1 Å². The van der Waals surface area contributed by atoms with Crippen LogP contribution in [0.2, 0.25) is 0 Å². The molecule has 1 unspecified atom stereocenters. The predicted molar refractivity (Wildman–Crippen MR) is 88.2 cm³/mol. The molecule has 2 amide bonds. The number of hydrogen-bond acceptors (Lipinski definition) is 4. The van der Waals surface area contributed by atoms with Crippen LogP contribution < -0.4 is 15.4 Å². The van der Waals surface area contributed by atoms with E-state index in [4.69, 9.17) is 9.84 Å². The van der Waals surface area contributed by atoms with Gasteiger partial charge in [-0.1, -0.05) is 19.9 Å². The van der Waals surface area contributed by atoms with Gasteiger partial charge in [-0.2, -0.15) is 0 Å². The summed E-state index contributed by atoms with van der Waals surface area (Å²) in [6, 6.07) is 4.89. The molecule has 24 heavy (non-hydrogen) atoms. The van der Waals surface area contributed by atoms with Gasteiger partial charge in [0.1, 0.15) is 0 Å². The maximum Gasteiger partial charge on any atom is 0.305 e. The molecule has 1 aromatic carbocycles. The second-order valence-electron chi connectivity index (χ2n) is 5.94. The van der Waals surface area contributed by atoms with Gasteiger partial charge in [-0.3, -0.25) is 14.4 Å². The molecular weight excluding hydrogens is 312 g/mol. The maximum atomic E-state index is 12.7. The van der Waals surface area contributed by atoms with Gasteiger partial charge in [0.2, 0.25) is 0 Å². The zero-order valence-corrected chi connectivity index (χ0v) is 14.0. The molecule has 1 heterocycles. The van der Waals surface area contributed by atoms with Gasteiger partial charge in [0.25, 0.3) is 11.8 Å². The average molecular weight is 334 g/mol. The Bertz CT molecular complexity index is 667. The number of ether oxygens (including phenoxy) is 1. The molecule has 0 saturated heterocycles.